The number of ether oxygens (including phenoxy) is 2. The summed E-state index contributed by atoms with van der Waals surface area (Å²) in [6, 6.07) is 2.86. The third-order valence-corrected chi connectivity index (χ3v) is 5.55. The molecule has 0 heterocycles. The lowest BCUT2D eigenvalue weighted by molar-refractivity contribution is 0.378. The molecule has 1 aromatic rings. The van der Waals surface area contributed by atoms with Gasteiger partial charge in [0.1, 0.15) is 16.0 Å². The smallest absolute Gasteiger partial charge is 0.151 e. The van der Waals surface area contributed by atoms with Crippen molar-refractivity contribution >= 4 is 25.8 Å². The van der Waals surface area contributed by atoms with E-state index < -0.39 is 21.1 Å². The van der Waals surface area contributed by atoms with E-state index in [1.165, 1.54) is 20.5 Å². The van der Waals surface area contributed by atoms with Crippen LogP contribution in [0.3, 0.4) is 0 Å². The van der Waals surface area contributed by atoms with Crippen molar-refractivity contribution in [3.05, 3.63) is 22.2 Å². The lowest BCUT2D eigenvalue weighted by atomic mass is 10.0. The van der Waals surface area contributed by atoms with Gasteiger partial charge in [-0.05, 0) is 35.0 Å². The Bertz CT molecular complexity index is 577. The van der Waals surface area contributed by atoms with Crippen LogP contribution in [0.2, 0.25) is 0 Å². The van der Waals surface area contributed by atoms with Crippen LogP contribution in [0, 0.1) is 0 Å². The number of hydrogen-bond donors (Lipinski definition) is 2. The number of halogens is 1. The summed E-state index contributed by atoms with van der Waals surface area (Å²) >= 11 is 3.38. The molecule has 0 aliphatic rings. The van der Waals surface area contributed by atoms with Gasteiger partial charge in [0.05, 0.1) is 25.5 Å². The summed E-state index contributed by atoms with van der Waals surface area (Å²) in [4.78, 5) is 0. The Kier molecular flexibility index (Phi) is 5.81. The van der Waals surface area contributed by atoms with Gasteiger partial charge in [-0.25, -0.2) is 8.42 Å². The van der Waals surface area contributed by atoms with E-state index in [2.05, 4.69) is 21.4 Å². The summed E-state index contributed by atoms with van der Waals surface area (Å²) in [5.41, 5.74) is 3.18. The Morgan fingerprint density at radius 1 is 1.30 bits per heavy atom. The zero-order chi connectivity index (χ0) is 15.5. The van der Waals surface area contributed by atoms with Crippen molar-refractivity contribution in [3.63, 3.8) is 0 Å². The maximum atomic E-state index is 11.7. The molecule has 1 rings (SSSR count). The number of sulfone groups is 1. The second-order valence-corrected chi connectivity index (χ2v) is 7.58. The third-order valence-electron chi connectivity index (χ3n) is 3.18. The maximum absolute atomic E-state index is 11.7. The van der Waals surface area contributed by atoms with Crippen LogP contribution in [0.1, 0.15) is 18.5 Å². The Morgan fingerprint density at radius 2 is 1.90 bits per heavy atom. The highest BCUT2D eigenvalue weighted by atomic mass is 79.9. The van der Waals surface area contributed by atoms with Crippen LogP contribution in [0.5, 0.6) is 11.5 Å². The largest absolute Gasteiger partial charge is 0.495 e. The van der Waals surface area contributed by atoms with Crippen molar-refractivity contribution < 1.29 is 17.9 Å². The molecule has 0 bridgehead atoms. The van der Waals surface area contributed by atoms with E-state index in [1.54, 1.807) is 19.1 Å². The van der Waals surface area contributed by atoms with Gasteiger partial charge in [0.2, 0.25) is 0 Å². The number of nitrogens with one attached hydrogen (secondary N) is 1. The highest BCUT2D eigenvalue weighted by Crippen LogP contribution is 2.40. The second kappa shape index (κ2) is 6.75. The molecule has 20 heavy (non-hydrogen) atoms. The predicted molar refractivity (Wildman–Crippen MR) is 81.6 cm³/mol. The molecule has 0 saturated heterocycles. The molecule has 0 aliphatic carbocycles. The second-order valence-electron chi connectivity index (χ2n) is 4.38. The van der Waals surface area contributed by atoms with Gasteiger partial charge in [-0.15, -0.1) is 0 Å². The van der Waals surface area contributed by atoms with Gasteiger partial charge in [-0.2, -0.15) is 0 Å². The molecule has 8 heteroatoms. The van der Waals surface area contributed by atoms with E-state index in [0.29, 0.717) is 21.5 Å². The van der Waals surface area contributed by atoms with Crippen molar-refractivity contribution in [1.29, 1.82) is 0 Å². The summed E-state index contributed by atoms with van der Waals surface area (Å²) in [5, 5.41) is -0.707. The minimum atomic E-state index is -3.26. The van der Waals surface area contributed by atoms with Crippen molar-refractivity contribution in [2.75, 3.05) is 20.5 Å². The molecule has 114 valence electrons. The van der Waals surface area contributed by atoms with E-state index >= 15 is 0 Å². The fraction of sp³-hybridized carbons (Fsp3) is 0.500. The van der Waals surface area contributed by atoms with E-state index in [1.807, 2.05) is 0 Å². The lowest BCUT2D eigenvalue weighted by Crippen LogP contribution is -2.39. The van der Waals surface area contributed by atoms with E-state index in [9.17, 15) is 8.42 Å². The monoisotopic (exact) mass is 366 g/mol. The average Bonchev–Trinajstić information content (AvgIpc) is 2.38. The molecule has 0 spiro atoms. The number of rotatable bonds is 6. The Balaban J connectivity index is 3.40. The van der Waals surface area contributed by atoms with Crippen LogP contribution in [0.4, 0.5) is 0 Å². The molecule has 0 aromatic heterocycles. The normalized spacial score (nSPS) is 14.7. The van der Waals surface area contributed by atoms with Gasteiger partial charge in [0.15, 0.2) is 9.84 Å². The zero-order valence-electron chi connectivity index (χ0n) is 11.8. The zero-order valence-corrected chi connectivity index (χ0v) is 14.2. The van der Waals surface area contributed by atoms with E-state index in [4.69, 9.17) is 15.3 Å². The summed E-state index contributed by atoms with van der Waals surface area (Å²) in [5.74, 6) is 6.61. The van der Waals surface area contributed by atoms with Crippen molar-refractivity contribution in [2.24, 2.45) is 5.84 Å². The summed E-state index contributed by atoms with van der Waals surface area (Å²) < 4.78 is 34.6. The first-order chi connectivity index (χ1) is 9.27. The minimum absolute atomic E-state index is 0.489. The molecule has 0 radical (unpaired) electrons. The summed E-state index contributed by atoms with van der Waals surface area (Å²) in [6.45, 7) is 1.59. The minimum Gasteiger partial charge on any atom is -0.495 e. The van der Waals surface area contributed by atoms with Crippen LogP contribution in [-0.2, 0) is 9.84 Å². The molecule has 0 amide bonds. The molecule has 0 aliphatic heterocycles. The fourth-order valence-corrected chi connectivity index (χ4v) is 3.29. The molecular formula is C12H19BrN2O4S. The topological polar surface area (TPSA) is 90.6 Å². The third kappa shape index (κ3) is 3.43. The maximum Gasteiger partial charge on any atom is 0.151 e. The number of hydrogen-bond acceptors (Lipinski definition) is 6. The molecule has 6 nitrogen and oxygen atoms in total. The molecule has 3 N–H and O–H groups in total. The Labute approximate surface area is 127 Å². The van der Waals surface area contributed by atoms with E-state index in [-0.39, 0.29) is 0 Å². The standard InChI is InChI=1S/C12H19BrN2O4S/c1-7(20(4,16)17)11(15-14)8-5-6-9(18-2)10(13)12(8)19-3/h5-7,11,15H,14H2,1-4H3. The highest BCUT2D eigenvalue weighted by Gasteiger charge is 2.30. The SMILES string of the molecule is COc1ccc(C(NN)C(C)S(C)(=O)=O)c(OC)c1Br. The lowest BCUT2D eigenvalue weighted by Gasteiger charge is -2.25. The highest BCUT2D eigenvalue weighted by molar-refractivity contribution is 9.10. The van der Waals surface area contributed by atoms with Gasteiger partial charge in [0.25, 0.3) is 0 Å². The Hall–Kier alpha value is -0.830. The van der Waals surface area contributed by atoms with Gasteiger partial charge in [-0.3, -0.25) is 11.3 Å². The molecule has 2 atom stereocenters. The molecule has 1 aromatic carbocycles. The van der Waals surface area contributed by atoms with Crippen LogP contribution >= 0.6 is 15.9 Å². The van der Waals surface area contributed by atoms with E-state index in [0.717, 1.165) is 0 Å². The van der Waals surface area contributed by atoms with Gasteiger partial charge >= 0.3 is 0 Å². The van der Waals surface area contributed by atoms with Crippen molar-refractivity contribution in [1.82, 2.24) is 5.43 Å². The number of hydrazine groups is 1. The first kappa shape index (κ1) is 17.2. The molecular weight excluding hydrogens is 348 g/mol. The Morgan fingerprint density at radius 3 is 2.30 bits per heavy atom. The van der Waals surface area contributed by atoms with Crippen molar-refractivity contribution in [2.45, 2.75) is 18.2 Å². The quantitative estimate of drug-likeness (QED) is 0.584. The van der Waals surface area contributed by atoms with Crippen LogP contribution < -0.4 is 20.7 Å². The summed E-state index contributed by atoms with van der Waals surface area (Å²) in [7, 11) is -0.220. The number of nitrogens with two attached hydrogens (primary N) is 1. The van der Waals surface area contributed by atoms with Gasteiger partial charge in [-0.1, -0.05) is 0 Å². The fourth-order valence-electron chi connectivity index (χ4n) is 1.89. The summed E-state index contributed by atoms with van der Waals surface area (Å²) in [6.07, 6.45) is 1.17. The number of methoxy groups -OCH3 is 2. The van der Waals surface area contributed by atoms with Crippen LogP contribution in [0.25, 0.3) is 0 Å². The number of benzene rings is 1. The van der Waals surface area contributed by atoms with Crippen LogP contribution in [0.15, 0.2) is 16.6 Å². The average molecular weight is 367 g/mol. The van der Waals surface area contributed by atoms with Crippen LogP contribution in [-0.4, -0.2) is 34.1 Å². The van der Waals surface area contributed by atoms with Crippen molar-refractivity contribution in [3.8, 4) is 11.5 Å². The first-order valence-electron chi connectivity index (χ1n) is 5.83. The molecule has 0 fully saturated rings. The molecule has 2 unspecified atom stereocenters. The van der Waals surface area contributed by atoms with Gasteiger partial charge in [0, 0.05) is 11.8 Å². The first-order valence-corrected chi connectivity index (χ1v) is 8.58. The molecule has 0 saturated carbocycles. The van der Waals surface area contributed by atoms with Gasteiger partial charge < -0.3 is 9.47 Å². The predicted octanol–water partition coefficient (Wildman–Crippen LogP) is 1.40.